The van der Waals surface area contributed by atoms with Crippen LogP contribution < -0.4 is 11.0 Å². The minimum Gasteiger partial charge on any atom is -0.454 e. The highest BCUT2D eigenvalue weighted by atomic mass is 16.6. The van der Waals surface area contributed by atoms with Crippen molar-refractivity contribution >= 4 is 34.3 Å². The van der Waals surface area contributed by atoms with Crippen molar-refractivity contribution in [3.63, 3.8) is 0 Å². The van der Waals surface area contributed by atoms with Gasteiger partial charge in [0.05, 0.1) is 16.0 Å². The molecule has 0 saturated heterocycles. The Kier molecular flexibility index (Phi) is 6.49. The van der Waals surface area contributed by atoms with Gasteiger partial charge in [0.15, 0.2) is 6.61 Å². The molecule has 1 N–H and O–H groups in total. The second-order valence-electron chi connectivity index (χ2n) is 6.98. The average molecular weight is 426 g/mol. The standard InChI is InChI=1S/C21H22N4O6/c1-3-10-23-16-6-4-5-7-17(16)24(21(23)28)12-20(27)31-13-19(26)22-15-9-8-14(2)18(11-15)25(29)30/h4-9,11H,3,10,12-13H2,1-2H3,(H,22,26). The molecular weight excluding hydrogens is 404 g/mol. The number of para-hydroxylation sites is 2. The van der Waals surface area contributed by atoms with Crippen LogP contribution in [-0.2, 0) is 27.4 Å². The molecular formula is C21H22N4O6. The molecule has 1 heterocycles. The van der Waals surface area contributed by atoms with Crippen molar-refractivity contribution in [3.05, 3.63) is 68.6 Å². The summed E-state index contributed by atoms with van der Waals surface area (Å²) in [5.41, 5.74) is 1.56. The number of esters is 1. The molecule has 0 fully saturated rings. The van der Waals surface area contributed by atoms with Crippen LogP contribution >= 0.6 is 0 Å². The van der Waals surface area contributed by atoms with Crippen molar-refractivity contribution in [2.24, 2.45) is 0 Å². The number of aryl methyl sites for hydroxylation is 2. The van der Waals surface area contributed by atoms with Crippen LogP contribution in [0.15, 0.2) is 47.3 Å². The molecule has 0 unspecified atom stereocenters. The first-order valence-corrected chi connectivity index (χ1v) is 9.70. The summed E-state index contributed by atoms with van der Waals surface area (Å²) in [5, 5.41) is 13.5. The van der Waals surface area contributed by atoms with Crippen LogP contribution in [-0.4, -0.2) is 32.5 Å². The van der Waals surface area contributed by atoms with Crippen molar-refractivity contribution in [1.82, 2.24) is 9.13 Å². The normalized spacial score (nSPS) is 10.8. The van der Waals surface area contributed by atoms with E-state index in [2.05, 4.69) is 5.32 Å². The lowest BCUT2D eigenvalue weighted by atomic mass is 10.2. The molecule has 10 nitrogen and oxygen atoms in total. The number of hydrogen-bond acceptors (Lipinski definition) is 6. The van der Waals surface area contributed by atoms with Gasteiger partial charge in [-0.2, -0.15) is 0 Å². The van der Waals surface area contributed by atoms with E-state index in [9.17, 15) is 24.5 Å². The molecule has 0 radical (unpaired) electrons. The van der Waals surface area contributed by atoms with E-state index in [1.165, 1.54) is 22.8 Å². The molecule has 10 heteroatoms. The number of nitro benzene ring substituents is 1. The first kappa shape index (κ1) is 21.8. The van der Waals surface area contributed by atoms with Crippen molar-refractivity contribution < 1.29 is 19.2 Å². The van der Waals surface area contributed by atoms with E-state index >= 15 is 0 Å². The Balaban J connectivity index is 1.65. The monoisotopic (exact) mass is 426 g/mol. The van der Waals surface area contributed by atoms with Crippen LogP contribution in [0, 0.1) is 17.0 Å². The molecule has 31 heavy (non-hydrogen) atoms. The fraction of sp³-hybridized carbons (Fsp3) is 0.286. The fourth-order valence-corrected chi connectivity index (χ4v) is 3.27. The maximum atomic E-state index is 12.7. The van der Waals surface area contributed by atoms with E-state index in [-0.39, 0.29) is 23.6 Å². The highest BCUT2D eigenvalue weighted by molar-refractivity contribution is 5.93. The van der Waals surface area contributed by atoms with E-state index in [0.29, 0.717) is 17.6 Å². The topological polar surface area (TPSA) is 125 Å². The summed E-state index contributed by atoms with van der Waals surface area (Å²) in [6.07, 6.45) is 0.760. The molecule has 2 aromatic carbocycles. The van der Waals surface area contributed by atoms with E-state index < -0.39 is 23.4 Å². The highest BCUT2D eigenvalue weighted by Gasteiger charge is 2.17. The van der Waals surface area contributed by atoms with Gasteiger partial charge in [0.25, 0.3) is 11.6 Å². The number of nitrogens with zero attached hydrogens (tertiary/aromatic N) is 3. The van der Waals surface area contributed by atoms with Gasteiger partial charge in [0, 0.05) is 23.9 Å². The SMILES string of the molecule is CCCn1c(=O)n(CC(=O)OCC(=O)Nc2ccc(C)c([N+](=O)[O-])c2)c2ccccc21. The number of carbonyl (C=O) groups excluding carboxylic acids is 2. The zero-order valence-corrected chi connectivity index (χ0v) is 17.2. The number of aromatic nitrogens is 2. The quantitative estimate of drug-likeness (QED) is 0.335. The molecule has 1 aromatic heterocycles. The number of fused-ring (bicyclic) bond motifs is 1. The summed E-state index contributed by atoms with van der Waals surface area (Å²) >= 11 is 0. The Morgan fingerprint density at radius 1 is 1.13 bits per heavy atom. The third kappa shape index (κ3) is 4.80. The van der Waals surface area contributed by atoms with E-state index in [4.69, 9.17) is 4.74 Å². The molecule has 0 bridgehead atoms. The molecule has 0 aliphatic carbocycles. The average Bonchev–Trinajstić information content (AvgIpc) is 3.00. The van der Waals surface area contributed by atoms with E-state index in [1.807, 2.05) is 19.1 Å². The number of rotatable bonds is 8. The van der Waals surface area contributed by atoms with Crippen LogP contribution in [0.1, 0.15) is 18.9 Å². The lowest BCUT2D eigenvalue weighted by molar-refractivity contribution is -0.385. The molecule has 162 valence electrons. The Bertz CT molecular complexity index is 1210. The number of nitrogens with one attached hydrogen (secondary N) is 1. The Hall–Kier alpha value is -3.95. The van der Waals surface area contributed by atoms with Gasteiger partial charge in [-0.3, -0.25) is 28.8 Å². The molecule has 1 amide bonds. The number of ether oxygens (including phenoxy) is 1. The second-order valence-corrected chi connectivity index (χ2v) is 6.98. The smallest absolute Gasteiger partial charge is 0.329 e. The largest absolute Gasteiger partial charge is 0.454 e. The number of amides is 1. The molecule has 0 spiro atoms. The van der Waals surface area contributed by atoms with Gasteiger partial charge in [0.1, 0.15) is 6.54 Å². The van der Waals surface area contributed by atoms with Gasteiger partial charge in [0.2, 0.25) is 0 Å². The van der Waals surface area contributed by atoms with E-state index in [1.54, 1.807) is 23.6 Å². The van der Waals surface area contributed by atoms with Crippen molar-refractivity contribution in [2.45, 2.75) is 33.4 Å². The molecule has 0 aliphatic heterocycles. The number of carbonyl (C=O) groups is 2. The minimum absolute atomic E-state index is 0.127. The summed E-state index contributed by atoms with van der Waals surface area (Å²) in [6.45, 7) is 3.15. The Labute approximate surface area is 177 Å². The van der Waals surface area contributed by atoms with Gasteiger partial charge in [-0.25, -0.2) is 4.79 Å². The first-order valence-electron chi connectivity index (χ1n) is 9.70. The number of imidazole rings is 1. The van der Waals surface area contributed by atoms with Crippen molar-refractivity contribution in [2.75, 3.05) is 11.9 Å². The van der Waals surface area contributed by atoms with Gasteiger partial charge in [-0.15, -0.1) is 0 Å². The summed E-state index contributed by atoms with van der Waals surface area (Å²) in [7, 11) is 0. The van der Waals surface area contributed by atoms with Gasteiger partial charge in [-0.05, 0) is 31.5 Å². The molecule has 3 aromatic rings. The van der Waals surface area contributed by atoms with Crippen LogP contribution in [0.25, 0.3) is 11.0 Å². The third-order valence-corrected chi connectivity index (χ3v) is 4.71. The highest BCUT2D eigenvalue weighted by Crippen LogP contribution is 2.22. The summed E-state index contributed by atoms with van der Waals surface area (Å²) in [4.78, 5) is 47.5. The number of anilines is 1. The Morgan fingerprint density at radius 3 is 2.45 bits per heavy atom. The lowest BCUT2D eigenvalue weighted by Gasteiger charge is -2.08. The fourth-order valence-electron chi connectivity index (χ4n) is 3.27. The Morgan fingerprint density at radius 2 is 1.81 bits per heavy atom. The molecule has 3 rings (SSSR count). The number of hydrogen-bond donors (Lipinski definition) is 1. The van der Waals surface area contributed by atoms with Gasteiger partial charge < -0.3 is 10.1 Å². The predicted octanol–water partition coefficient (Wildman–Crippen LogP) is 2.61. The minimum atomic E-state index is -0.744. The van der Waals surface area contributed by atoms with Crippen molar-refractivity contribution in [1.29, 1.82) is 0 Å². The predicted molar refractivity (Wildman–Crippen MR) is 114 cm³/mol. The molecule has 0 aliphatic rings. The zero-order valence-electron chi connectivity index (χ0n) is 17.2. The summed E-state index contributed by atoms with van der Waals surface area (Å²) in [5.74, 6) is -1.39. The van der Waals surface area contributed by atoms with Crippen LogP contribution in [0.5, 0.6) is 0 Å². The third-order valence-electron chi connectivity index (χ3n) is 4.71. The van der Waals surface area contributed by atoms with Crippen molar-refractivity contribution in [3.8, 4) is 0 Å². The van der Waals surface area contributed by atoms with Gasteiger partial charge in [-0.1, -0.05) is 25.1 Å². The number of benzene rings is 2. The lowest BCUT2D eigenvalue weighted by Crippen LogP contribution is -2.29. The summed E-state index contributed by atoms with van der Waals surface area (Å²) < 4.78 is 7.91. The van der Waals surface area contributed by atoms with E-state index in [0.717, 1.165) is 11.9 Å². The molecule has 0 saturated carbocycles. The number of nitro groups is 1. The second kappa shape index (κ2) is 9.24. The summed E-state index contributed by atoms with van der Waals surface area (Å²) in [6, 6.07) is 11.4. The van der Waals surface area contributed by atoms with Crippen LogP contribution in [0.4, 0.5) is 11.4 Å². The van der Waals surface area contributed by atoms with Gasteiger partial charge >= 0.3 is 11.7 Å². The van der Waals surface area contributed by atoms with Crippen LogP contribution in [0.2, 0.25) is 0 Å². The maximum Gasteiger partial charge on any atom is 0.329 e. The zero-order chi connectivity index (χ0) is 22.5. The first-order chi connectivity index (χ1) is 14.8. The maximum absolute atomic E-state index is 12.7. The molecule has 0 atom stereocenters. The van der Waals surface area contributed by atoms with Crippen LogP contribution in [0.3, 0.4) is 0 Å².